The molecule has 1 aliphatic heterocycles. The Morgan fingerprint density at radius 3 is 2.52 bits per heavy atom. The Kier molecular flexibility index (Phi) is 7.36. The zero-order valence-corrected chi connectivity index (χ0v) is 18.7. The van der Waals surface area contributed by atoms with E-state index in [4.69, 9.17) is 16.0 Å². The summed E-state index contributed by atoms with van der Waals surface area (Å²) in [4.78, 5) is 32.9. The van der Waals surface area contributed by atoms with Crippen LogP contribution in [-0.4, -0.2) is 59.3 Å². The highest BCUT2D eigenvalue weighted by Crippen LogP contribution is 2.22. The Morgan fingerprint density at radius 2 is 1.79 bits per heavy atom. The van der Waals surface area contributed by atoms with Crippen molar-refractivity contribution in [2.24, 2.45) is 0 Å². The third-order valence-electron chi connectivity index (χ3n) is 5.48. The van der Waals surface area contributed by atoms with Gasteiger partial charge in [-0.2, -0.15) is 0 Å². The summed E-state index contributed by atoms with van der Waals surface area (Å²) in [5.41, 5.74) is 1.32. The number of piperazine rings is 1. The molecule has 172 valence electrons. The number of carbonyl (C=O) groups is 2. The zero-order valence-electron chi connectivity index (χ0n) is 18.0. The normalized spacial score (nSPS) is 14.3. The standard InChI is InChI=1S/C24H24ClFN4O3/c25-19-3-1-2-4-20(19)28-22(31)16-29-11-13-30(14-12-29)24(32)10-9-23-27-15-21(33-23)17-5-7-18(26)8-6-17/h1-8,15H,9-14,16H2,(H,28,31). The van der Waals surface area contributed by atoms with E-state index in [9.17, 15) is 14.0 Å². The van der Waals surface area contributed by atoms with Gasteiger partial charge in [0.25, 0.3) is 0 Å². The fourth-order valence-electron chi connectivity index (χ4n) is 3.66. The van der Waals surface area contributed by atoms with E-state index in [2.05, 4.69) is 10.3 Å². The number of rotatable bonds is 7. The highest BCUT2D eigenvalue weighted by molar-refractivity contribution is 6.33. The first kappa shape index (κ1) is 22.9. The molecule has 1 fully saturated rings. The van der Waals surface area contributed by atoms with Crippen molar-refractivity contribution in [2.75, 3.05) is 38.0 Å². The fourth-order valence-corrected chi connectivity index (χ4v) is 3.84. The van der Waals surface area contributed by atoms with E-state index in [-0.39, 0.29) is 30.6 Å². The first-order chi connectivity index (χ1) is 16.0. The Bertz CT molecular complexity index is 1110. The van der Waals surface area contributed by atoms with Crippen LogP contribution >= 0.6 is 11.6 Å². The van der Waals surface area contributed by atoms with Gasteiger partial charge in [0, 0.05) is 44.6 Å². The molecule has 0 radical (unpaired) electrons. The predicted octanol–water partition coefficient (Wildman–Crippen LogP) is 3.85. The first-order valence-electron chi connectivity index (χ1n) is 10.7. The summed E-state index contributed by atoms with van der Waals surface area (Å²) >= 11 is 6.08. The Labute approximate surface area is 196 Å². The molecule has 7 nitrogen and oxygen atoms in total. The zero-order chi connectivity index (χ0) is 23.2. The third-order valence-corrected chi connectivity index (χ3v) is 5.80. The Balaban J connectivity index is 1.20. The van der Waals surface area contributed by atoms with Crippen molar-refractivity contribution in [3.63, 3.8) is 0 Å². The summed E-state index contributed by atoms with van der Waals surface area (Å²) in [5, 5.41) is 3.31. The van der Waals surface area contributed by atoms with E-state index >= 15 is 0 Å². The second-order valence-electron chi connectivity index (χ2n) is 7.81. The van der Waals surface area contributed by atoms with Gasteiger partial charge in [0.05, 0.1) is 23.5 Å². The summed E-state index contributed by atoms with van der Waals surface area (Å²) in [6.07, 6.45) is 2.26. The van der Waals surface area contributed by atoms with Crippen molar-refractivity contribution >= 4 is 29.1 Å². The number of hydrogen-bond acceptors (Lipinski definition) is 5. The molecule has 0 atom stereocenters. The number of benzene rings is 2. The molecular weight excluding hydrogens is 447 g/mol. The van der Waals surface area contributed by atoms with Gasteiger partial charge in [0.2, 0.25) is 11.8 Å². The number of nitrogens with one attached hydrogen (secondary N) is 1. The molecule has 9 heteroatoms. The lowest BCUT2D eigenvalue weighted by atomic mass is 10.2. The summed E-state index contributed by atoms with van der Waals surface area (Å²) in [6.45, 7) is 2.61. The van der Waals surface area contributed by atoms with Crippen molar-refractivity contribution in [3.8, 4) is 11.3 Å². The van der Waals surface area contributed by atoms with E-state index in [0.29, 0.717) is 55.0 Å². The quantitative estimate of drug-likeness (QED) is 0.567. The number of hydrogen-bond donors (Lipinski definition) is 1. The van der Waals surface area contributed by atoms with Crippen LogP contribution in [0, 0.1) is 5.82 Å². The Hall–Kier alpha value is -3.23. The molecule has 33 heavy (non-hydrogen) atoms. The largest absolute Gasteiger partial charge is 0.441 e. The molecule has 2 heterocycles. The van der Waals surface area contributed by atoms with Crippen molar-refractivity contribution in [1.29, 1.82) is 0 Å². The molecule has 4 rings (SSSR count). The van der Waals surface area contributed by atoms with Crippen molar-refractivity contribution in [2.45, 2.75) is 12.8 Å². The highest BCUT2D eigenvalue weighted by Gasteiger charge is 2.23. The lowest BCUT2D eigenvalue weighted by Crippen LogP contribution is -2.50. The topological polar surface area (TPSA) is 78.7 Å². The maximum absolute atomic E-state index is 13.1. The smallest absolute Gasteiger partial charge is 0.238 e. The van der Waals surface area contributed by atoms with Gasteiger partial charge in [0.1, 0.15) is 5.82 Å². The van der Waals surface area contributed by atoms with Crippen molar-refractivity contribution in [1.82, 2.24) is 14.8 Å². The van der Waals surface area contributed by atoms with Crippen LogP contribution in [0.1, 0.15) is 12.3 Å². The molecule has 0 unspecified atom stereocenters. The van der Waals surface area contributed by atoms with Crippen LogP contribution in [0.2, 0.25) is 5.02 Å². The van der Waals surface area contributed by atoms with Crippen LogP contribution in [0.25, 0.3) is 11.3 Å². The maximum Gasteiger partial charge on any atom is 0.238 e. The average molecular weight is 471 g/mol. The molecule has 0 spiro atoms. The van der Waals surface area contributed by atoms with Gasteiger partial charge in [-0.3, -0.25) is 14.5 Å². The van der Waals surface area contributed by atoms with E-state index in [0.717, 1.165) is 5.56 Å². The number of para-hydroxylation sites is 1. The summed E-state index contributed by atoms with van der Waals surface area (Å²) < 4.78 is 18.8. The van der Waals surface area contributed by atoms with E-state index < -0.39 is 0 Å². The summed E-state index contributed by atoms with van der Waals surface area (Å²) in [7, 11) is 0. The second kappa shape index (κ2) is 10.6. The van der Waals surface area contributed by atoms with Gasteiger partial charge < -0.3 is 14.6 Å². The number of halogens is 2. The van der Waals surface area contributed by atoms with Gasteiger partial charge in [-0.1, -0.05) is 23.7 Å². The molecule has 0 saturated carbocycles. The van der Waals surface area contributed by atoms with Gasteiger partial charge in [0.15, 0.2) is 11.7 Å². The van der Waals surface area contributed by atoms with Crippen molar-refractivity contribution < 1.29 is 18.4 Å². The lowest BCUT2D eigenvalue weighted by molar-refractivity contribution is -0.133. The number of amides is 2. The average Bonchev–Trinajstić information content (AvgIpc) is 3.29. The molecule has 3 aromatic rings. The molecule has 0 bridgehead atoms. The van der Waals surface area contributed by atoms with Crippen LogP contribution in [0.4, 0.5) is 10.1 Å². The van der Waals surface area contributed by atoms with Gasteiger partial charge >= 0.3 is 0 Å². The molecule has 2 amide bonds. The summed E-state index contributed by atoms with van der Waals surface area (Å²) in [5.74, 6) is 0.588. The molecule has 1 N–H and O–H groups in total. The molecule has 1 saturated heterocycles. The van der Waals surface area contributed by atoms with Crippen LogP contribution in [0.15, 0.2) is 59.1 Å². The minimum Gasteiger partial charge on any atom is -0.441 e. The number of nitrogens with zero attached hydrogens (tertiary/aromatic N) is 3. The monoisotopic (exact) mass is 470 g/mol. The SMILES string of the molecule is O=C(CN1CCN(C(=O)CCc2ncc(-c3ccc(F)cc3)o2)CC1)Nc1ccccc1Cl. The van der Waals surface area contributed by atoms with Gasteiger partial charge in [-0.05, 0) is 36.4 Å². The Morgan fingerprint density at radius 1 is 1.06 bits per heavy atom. The predicted molar refractivity (Wildman–Crippen MR) is 123 cm³/mol. The lowest BCUT2D eigenvalue weighted by Gasteiger charge is -2.34. The third kappa shape index (κ3) is 6.18. The van der Waals surface area contributed by atoms with E-state index in [1.165, 1.54) is 12.1 Å². The minimum absolute atomic E-state index is 0.0247. The number of aryl methyl sites for hydroxylation is 1. The van der Waals surface area contributed by atoms with Crippen LogP contribution in [0.3, 0.4) is 0 Å². The second-order valence-corrected chi connectivity index (χ2v) is 8.22. The molecule has 0 aliphatic carbocycles. The molecule has 2 aromatic carbocycles. The molecule has 1 aliphatic rings. The molecular formula is C24H24ClFN4O3. The number of oxazole rings is 1. The minimum atomic E-state index is -0.314. The first-order valence-corrected chi connectivity index (χ1v) is 11.1. The summed E-state index contributed by atoms with van der Waals surface area (Å²) in [6, 6.07) is 13.1. The van der Waals surface area contributed by atoms with Gasteiger partial charge in [-0.15, -0.1) is 0 Å². The highest BCUT2D eigenvalue weighted by atomic mass is 35.5. The number of anilines is 1. The number of carbonyl (C=O) groups excluding carboxylic acids is 2. The van der Waals surface area contributed by atoms with Crippen LogP contribution in [0.5, 0.6) is 0 Å². The van der Waals surface area contributed by atoms with Crippen LogP contribution < -0.4 is 5.32 Å². The fraction of sp³-hybridized carbons (Fsp3) is 0.292. The van der Waals surface area contributed by atoms with Crippen LogP contribution in [-0.2, 0) is 16.0 Å². The van der Waals surface area contributed by atoms with Crippen molar-refractivity contribution in [3.05, 3.63) is 71.5 Å². The van der Waals surface area contributed by atoms with Gasteiger partial charge in [-0.25, -0.2) is 9.37 Å². The number of aromatic nitrogens is 1. The maximum atomic E-state index is 13.1. The molecule has 1 aromatic heterocycles. The van der Waals surface area contributed by atoms with E-state index in [1.54, 1.807) is 41.4 Å². The van der Waals surface area contributed by atoms with E-state index in [1.807, 2.05) is 11.0 Å².